The van der Waals surface area contributed by atoms with E-state index < -0.39 is 24.0 Å². The molecule has 0 aliphatic heterocycles. The number of hydrogen-bond acceptors (Lipinski definition) is 5. The van der Waals surface area contributed by atoms with Crippen LogP contribution in [0.15, 0.2) is 84.9 Å². The first kappa shape index (κ1) is 27.1. The predicted molar refractivity (Wildman–Crippen MR) is 141 cm³/mol. The largest absolute Gasteiger partial charge is 0.464 e. The first-order valence-electron chi connectivity index (χ1n) is 12.0. The van der Waals surface area contributed by atoms with Crippen molar-refractivity contribution in [2.75, 3.05) is 11.9 Å². The van der Waals surface area contributed by atoms with Crippen LogP contribution in [0.25, 0.3) is 0 Å². The van der Waals surface area contributed by atoms with Gasteiger partial charge in [0, 0.05) is 31.5 Å². The molecular formula is C29H31N3O5. The van der Waals surface area contributed by atoms with E-state index in [1.54, 1.807) is 54.6 Å². The predicted octanol–water partition coefficient (Wildman–Crippen LogP) is 3.28. The highest BCUT2D eigenvalue weighted by Gasteiger charge is 2.25. The smallest absolute Gasteiger partial charge is 0.302 e. The highest BCUT2D eigenvalue weighted by Crippen LogP contribution is 2.13. The Hall–Kier alpha value is -4.46. The number of benzene rings is 3. The van der Waals surface area contributed by atoms with Crippen LogP contribution >= 0.6 is 0 Å². The Morgan fingerprint density at radius 2 is 1.32 bits per heavy atom. The van der Waals surface area contributed by atoms with Gasteiger partial charge in [-0.25, -0.2) is 0 Å². The second-order valence-corrected chi connectivity index (χ2v) is 8.67. The zero-order valence-corrected chi connectivity index (χ0v) is 20.9. The minimum absolute atomic E-state index is 0.000726. The van der Waals surface area contributed by atoms with Gasteiger partial charge >= 0.3 is 5.97 Å². The van der Waals surface area contributed by atoms with E-state index in [1.165, 1.54) is 13.8 Å². The van der Waals surface area contributed by atoms with E-state index in [1.807, 2.05) is 30.3 Å². The monoisotopic (exact) mass is 501 g/mol. The van der Waals surface area contributed by atoms with Gasteiger partial charge in [-0.15, -0.1) is 0 Å². The first-order chi connectivity index (χ1) is 17.8. The second kappa shape index (κ2) is 13.6. The SMILES string of the molecule is CC(=O)Nc1ccc(C[C@H](NC(=O)c2ccccc2)C(=O)N[C@H](COC(C)=O)Cc2ccccc2)cc1. The normalized spacial score (nSPS) is 12.1. The number of carbonyl (C=O) groups excluding carboxylic acids is 4. The van der Waals surface area contributed by atoms with Crippen molar-refractivity contribution in [3.05, 3.63) is 102 Å². The maximum atomic E-state index is 13.4. The van der Waals surface area contributed by atoms with Crippen LogP contribution < -0.4 is 16.0 Å². The summed E-state index contributed by atoms with van der Waals surface area (Å²) in [5.41, 5.74) is 2.83. The topological polar surface area (TPSA) is 114 Å². The second-order valence-electron chi connectivity index (χ2n) is 8.67. The Bertz CT molecular complexity index is 1200. The van der Waals surface area contributed by atoms with Gasteiger partial charge in [0.15, 0.2) is 0 Å². The zero-order chi connectivity index (χ0) is 26.6. The minimum atomic E-state index is -0.894. The van der Waals surface area contributed by atoms with E-state index in [2.05, 4.69) is 16.0 Å². The molecule has 3 N–H and O–H groups in total. The van der Waals surface area contributed by atoms with Crippen molar-refractivity contribution < 1.29 is 23.9 Å². The summed E-state index contributed by atoms with van der Waals surface area (Å²) in [4.78, 5) is 49.1. The lowest BCUT2D eigenvalue weighted by Gasteiger charge is -2.24. The summed E-state index contributed by atoms with van der Waals surface area (Å²) in [5.74, 6) is -1.41. The van der Waals surface area contributed by atoms with Gasteiger partial charge in [-0.1, -0.05) is 60.7 Å². The molecule has 0 unspecified atom stereocenters. The number of amides is 3. The Kier molecular flexibility index (Phi) is 9.96. The van der Waals surface area contributed by atoms with Gasteiger partial charge in [0.25, 0.3) is 5.91 Å². The molecule has 0 saturated heterocycles. The lowest BCUT2D eigenvalue weighted by Crippen LogP contribution is -2.52. The zero-order valence-electron chi connectivity index (χ0n) is 20.9. The molecule has 0 saturated carbocycles. The average Bonchev–Trinajstić information content (AvgIpc) is 2.88. The van der Waals surface area contributed by atoms with Crippen LogP contribution in [0, 0.1) is 0 Å². The molecule has 0 aliphatic rings. The molecular weight excluding hydrogens is 470 g/mol. The van der Waals surface area contributed by atoms with Gasteiger partial charge in [-0.05, 0) is 41.8 Å². The molecule has 2 atom stereocenters. The number of ether oxygens (including phenoxy) is 1. The maximum Gasteiger partial charge on any atom is 0.302 e. The van der Waals surface area contributed by atoms with Crippen molar-refractivity contribution in [1.82, 2.24) is 10.6 Å². The Morgan fingerprint density at radius 3 is 1.92 bits per heavy atom. The van der Waals surface area contributed by atoms with E-state index in [4.69, 9.17) is 4.74 Å². The highest BCUT2D eigenvalue weighted by molar-refractivity contribution is 5.97. The molecule has 8 nitrogen and oxygen atoms in total. The van der Waals surface area contributed by atoms with Crippen LogP contribution in [-0.4, -0.2) is 42.4 Å². The summed E-state index contributed by atoms with van der Waals surface area (Å²) in [6.07, 6.45) is 0.668. The summed E-state index contributed by atoms with van der Waals surface area (Å²) < 4.78 is 5.19. The molecule has 0 aliphatic carbocycles. The van der Waals surface area contributed by atoms with Crippen molar-refractivity contribution >= 4 is 29.4 Å². The molecule has 0 spiro atoms. The van der Waals surface area contributed by atoms with Crippen LogP contribution in [0.2, 0.25) is 0 Å². The molecule has 3 aromatic carbocycles. The standard InChI is InChI=1S/C29H31N3O5/c1-20(33)30-25-15-13-23(14-16-25)18-27(32-28(35)24-11-7-4-8-12-24)29(36)31-26(19-37-21(2)34)17-22-9-5-3-6-10-22/h3-16,26-27H,17-19H2,1-2H3,(H,30,33)(H,31,36)(H,32,35)/t26-,27-/m0/s1. The van der Waals surface area contributed by atoms with E-state index >= 15 is 0 Å². The first-order valence-corrected chi connectivity index (χ1v) is 12.0. The summed E-state index contributed by atoms with van der Waals surface area (Å²) >= 11 is 0. The van der Waals surface area contributed by atoms with Gasteiger partial charge in [0.2, 0.25) is 11.8 Å². The minimum Gasteiger partial charge on any atom is -0.464 e. The third kappa shape index (κ3) is 9.25. The van der Waals surface area contributed by atoms with Crippen molar-refractivity contribution in [2.24, 2.45) is 0 Å². The van der Waals surface area contributed by atoms with Crippen LogP contribution in [0.3, 0.4) is 0 Å². The number of esters is 1. The average molecular weight is 502 g/mol. The Morgan fingerprint density at radius 1 is 0.730 bits per heavy atom. The number of rotatable bonds is 11. The number of carbonyl (C=O) groups is 4. The van der Waals surface area contributed by atoms with Gasteiger partial charge in [-0.3, -0.25) is 19.2 Å². The number of nitrogens with one attached hydrogen (secondary N) is 3. The summed E-state index contributed by atoms with van der Waals surface area (Å²) in [7, 11) is 0. The van der Waals surface area contributed by atoms with Crippen molar-refractivity contribution in [3.63, 3.8) is 0 Å². The number of hydrogen-bond donors (Lipinski definition) is 3. The quantitative estimate of drug-likeness (QED) is 0.349. The number of anilines is 1. The molecule has 3 aromatic rings. The molecule has 0 heterocycles. The molecule has 8 heteroatoms. The molecule has 0 bridgehead atoms. The van der Waals surface area contributed by atoms with Crippen LogP contribution in [0.1, 0.15) is 35.3 Å². The van der Waals surface area contributed by atoms with E-state index in [0.29, 0.717) is 17.7 Å². The van der Waals surface area contributed by atoms with Crippen molar-refractivity contribution in [2.45, 2.75) is 38.8 Å². The summed E-state index contributed by atoms with van der Waals surface area (Å²) in [6, 6.07) is 23.9. The van der Waals surface area contributed by atoms with E-state index in [-0.39, 0.29) is 24.8 Å². The van der Waals surface area contributed by atoms with Crippen LogP contribution in [0.4, 0.5) is 5.69 Å². The Labute approximate surface area is 216 Å². The van der Waals surface area contributed by atoms with Crippen molar-refractivity contribution in [3.8, 4) is 0 Å². The van der Waals surface area contributed by atoms with Gasteiger partial charge in [-0.2, -0.15) is 0 Å². The lowest BCUT2D eigenvalue weighted by molar-refractivity contribution is -0.142. The van der Waals surface area contributed by atoms with E-state index in [9.17, 15) is 19.2 Å². The third-order valence-electron chi connectivity index (χ3n) is 5.53. The summed E-state index contributed by atoms with van der Waals surface area (Å²) in [5, 5.41) is 8.49. The van der Waals surface area contributed by atoms with Gasteiger partial charge in [0.05, 0.1) is 6.04 Å². The third-order valence-corrected chi connectivity index (χ3v) is 5.53. The van der Waals surface area contributed by atoms with Gasteiger partial charge in [0.1, 0.15) is 12.6 Å². The van der Waals surface area contributed by atoms with Gasteiger partial charge < -0.3 is 20.7 Å². The fourth-order valence-corrected chi connectivity index (χ4v) is 3.77. The van der Waals surface area contributed by atoms with Crippen molar-refractivity contribution in [1.29, 1.82) is 0 Å². The lowest BCUT2D eigenvalue weighted by atomic mass is 10.0. The fraction of sp³-hybridized carbons (Fsp3) is 0.241. The van der Waals surface area contributed by atoms with E-state index in [0.717, 1.165) is 11.1 Å². The Balaban J connectivity index is 1.79. The highest BCUT2D eigenvalue weighted by atomic mass is 16.5. The summed E-state index contributed by atoms with van der Waals surface area (Å²) in [6.45, 7) is 2.74. The fourth-order valence-electron chi connectivity index (χ4n) is 3.77. The molecule has 192 valence electrons. The van der Waals surface area contributed by atoms with Crippen LogP contribution in [-0.2, 0) is 32.0 Å². The molecule has 3 rings (SSSR count). The maximum absolute atomic E-state index is 13.4. The molecule has 37 heavy (non-hydrogen) atoms. The molecule has 3 amide bonds. The molecule has 0 radical (unpaired) electrons. The van der Waals surface area contributed by atoms with Crippen LogP contribution in [0.5, 0.6) is 0 Å². The molecule has 0 aromatic heterocycles. The molecule has 0 fully saturated rings.